The number of amides is 2. The zero-order chi connectivity index (χ0) is 17.2. The van der Waals surface area contributed by atoms with Gasteiger partial charge in [-0.15, -0.1) is 0 Å². The van der Waals surface area contributed by atoms with E-state index in [0.717, 1.165) is 0 Å². The van der Waals surface area contributed by atoms with Crippen molar-refractivity contribution in [3.63, 3.8) is 0 Å². The molecule has 7 heteroatoms. The van der Waals surface area contributed by atoms with Crippen molar-refractivity contribution in [1.29, 1.82) is 0 Å². The predicted molar refractivity (Wildman–Crippen MR) is 76.0 cm³/mol. The average molecular weight is 303 g/mol. The number of carboxylic acids is 1. The zero-order valence-corrected chi connectivity index (χ0v) is 13.9. The van der Waals surface area contributed by atoms with Crippen molar-refractivity contribution in [2.75, 3.05) is 0 Å². The molecule has 0 aromatic heterocycles. The van der Waals surface area contributed by atoms with E-state index in [1.807, 2.05) is 0 Å². The van der Waals surface area contributed by atoms with Gasteiger partial charge in [-0.3, -0.25) is 0 Å². The minimum atomic E-state index is -1.80. The van der Waals surface area contributed by atoms with E-state index in [0.29, 0.717) is 4.90 Å². The predicted octanol–water partition coefficient (Wildman–Crippen LogP) is 3.02. The first kappa shape index (κ1) is 19.2. The SMILES string of the molecule is CC(C)(C)OC(=O)N(C(=O)OC(C)(C)C)C(C)(C)C(=O)O. The molecule has 0 spiro atoms. The molecule has 0 saturated heterocycles. The van der Waals surface area contributed by atoms with Crippen LogP contribution in [0.1, 0.15) is 55.4 Å². The van der Waals surface area contributed by atoms with Crippen LogP contribution in [-0.4, -0.2) is 44.9 Å². The van der Waals surface area contributed by atoms with Gasteiger partial charge < -0.3 is 14.6 Å². The van der Waals surface area contributed by atoms with Crippen molar-refractivity contribution in [2.24, 2.45) is 0 Å². The van der Waals surface area contributed by atoms with Gasteiger partial charge in [0.05, 0.1) is 0 Å². The highest BCUT2D eigenvalue weighted by atomic mass is 16.6. The van der Waals surface area contributed by atoms with Crippen LogP contribution in [0.4, 0.5) is 9.59 Å². The lowest BCUT2D eigenvalue weighted by molar-refractivity contribution is -0.148. The monoisotopic (exact) mass is 303 g/mol. The van der Waals surface area contributed by atoms with Crippen molar-refractivity contribution in [1.82, 2.24) is 4.90 Å². The van der Waals surface area contributed by atoms with E-state index < -0.39 is 34.9 Å². The second kappa shape index (κ2) is 5.91. The highest BCUT2D eigenvalue weighted by Gasteiger charge is 2.46. The fourth-order valence-corrected chi connectivity index (χ4v) is 1.24. The van der Waals surface area contributed by atoms with Crippen LogP contribution in [0.25, 0.3) is 0 Å². The van der Waals surface area contributed by atoms with Crippen LogP contribution in [-0.2, 0) is 14.3 Å². The van der Waals surface area contributed by atoms with E-state index >= 15 is 0 Å². The fraction of sp³-hybridized carbons (Fsp3) is 0.786. The maximum absolute atomic E-state index is 12.2. The Morgan fingerprint density at radius 2 is 1.05 bits per heavy atom. The minimum Gasteiger partial charge on any atom is -0.480 e. The molecule has 0 aromatic carbocycles. The Kier molecular flexibility index (Phi) is 5.41. The van der Waals surface area contributed by atoms with Gasteiger partial charge >= 0.3 is 18.2 Å². The van der Waals surface area contributed by atoms with Crippen LogP contribution in [0.5, 0.6) is 0 Å². The number of carboxylic acid groups (broad SMARTS) is 1. The van der Waals surface area contributed by atoms with Crippen molar-refractivity contribution in [3.8, 4) is 0 Å². The number of hydrogen-bond acceptors (Lipinski definition) is 5. The van der Waals surface area contributed by atoms with E-state index in [1.54, 1.807) is 41.5 Å². The number of ether oxygens (including phenoxy) is 2. The lowest BCUT2D eigenvalue weighted by Crippen LogP contribution is -2.57. The quantitative estimate of drug-likeness (QED) is 0.842. The summed E-state index contributed by atoms with van der Waals surface area (Å²) in [5.41, 5.74) is -3.54. The average Bonchev–Trinajstić information content (AvgIpc) is 2.09. The Bertz CT molecular complexity index is 400. The van der Waals surface area contributed by atoms with Crippen LogP contribution in [0.2, 0.25) is 0 Å². The van der Waals surface area contributed by atoms with Crippen LogP contribution in [0.3, 0.4) is 0 Å². The molecule has 0 aliphatic rings. The lowest BCUT2D eigenvalue weighted by Gasteiger charge is -2.35. The smallest absolute Gasteiger partial charge is 0.420 e. The molecule has 2 amide bonds. The van der Waals surface area contributed by atoms with Crippen LogP contribution in [0.15, 0.2) is 0 Å². The maximum atomic E-state index is 12.2. The third-order valence-corrected chi connectivity index (χ3v) is 2.23. The molecule has 0 aliphatic heterocycles. The third kappa shape index (κ3) is 6.01. The summed E-state index contributed by atoms with van der Waals surface area (Å²) in [6, 6.07) is 0. The van der Waals surface area contributed by atoms with Gasteiger partial charge in [0.15, 0.2) is 0 Å². The van der Waals surface area contributed by atoms with Gasteiger partial charge in [-0.2, -0.15) is 4.90 Å². The van der Waals surface area contributed by atoms with E-state index in [-0.39, 0.29) is 0 Å². The van der Waals surface area contributed by atoms with Gasteiger partial charge in [0.1, 0.15) is 16.7 Å². The van der Waals surface area contributed by atoms with E-state index in [2.05, 4.69) is 0 Å². The molecular formula is C14H25NO6. The van der Waals surface area contributed by atoms with Crippen LogP contribution < -0.4 is 0 Å². The van der Waals surface area contributed by atoms with Crippen molar-refractivity contribution < 1.29 is 29.0 Å². The van der Waals surface area contributed by atoms with E-state index in [4.69, 9.17) is 9.47 Å². The molecule has 7 nitrogen and oxygen atoms in total. The molecule has 0 atom stereocenters. The van der Waals surface area contributed by atoms with Gasteiger partial charge in [0, 0.05) is 0 Å². The topological polar surface area (TPSA) is 93.1 Å². The summed E-state index contributed by atoms with van der Waals surface area (Å²) in [5.74, 6) is -1.35. The van der Waals surface area contributed by atoms with Gasteiger partial charge in [0.2, 0.25) is 0 Å². The summed E-state index contributed by atoms with van der Waals surface area (Å²) < 4.78 is 10.2. The van der Waals surface area contributed by atoms with Crippen molar-refractivity contribution >= 4 is 18.2 Å². The second-order valence-corrected chi connectivity index (χ2v) is 7.16. The minimum absolute atomic E-state index is 0.478. The molecule has 0 unspecified atom stereocenters. The first-order chi connectivity index (χ1) is 9.08. The molecular weight excluding hydrogens is 278 g/mol. The Labute approximate surface area is 125 Å². The Morgan fingerprint density at radius 1 is 0.762 bits per heavy atom. The molecule has 0 rings (SSSR count). The van der Waals surface area contributed by atoms with Crippen molar-refractivity contribution in [2.45, 2.75) is 72.1 Å². The summed E-state index contributed by atoms with van der Waals surface area (Å²) in [5, 5.41) is 9.25. The number of aliphatic carboxylic acids is 1. The molecule has 0 fully saturated rings. The Morgan fingerprint density at radius 3 is 1.24 bits per heavy atom. The fourth-order valence-electron chi connectivity index (χ4n) is 1.24. The maximum Gasteiger partial charge on any atom is 0.420 e. The zero-order valence-electron chi connectivity index (χ0n) is 13.9. The molecule has 0 saturated carbocycles. The van der Waals surface area contributed by atoms with Gasteiger partial charge in [-0.05, 0) is 55.4 Å². The highest BCUT2D eigenvalue weighted by molar-refractivity contribution is 5.95. The molecule has 0 radical (unpaired) electrons. The normalized spacial score (nSPS) is 12.6. The third-order valence-electron chi connectivity index (χ3n) is 2.23. The summed E-state index contributed by atoms with van der Waals surface area (Å²) >= 11 is 0. The molecule has 0 aliphatic carbocycles. The number of carbonyl (C=O) groups excluding carboxylic acids is 2. The molecule has 0 heterocycles. The summed E-state index contributed by atoms with van der Waals surface area (Å²) in [7, 11) is 0. The first-order valence-electron chi connectivity index (χ1n) is 6.57. The van der Waals surface area contributed by atoms with E-state index in [1.165, 1.54) is 13.8 Å². The highest BCUT2D eigenvalue weighted by Crippen LogP contribution is 2.22. The Balaban J connectivity index is 5.55. The van der Waals surface area contributed by atoms with Gasteiger partial charge in [-0.25, -0.2) is 14.4 Å². The standard InChI is InChI=1S/C14H25NO6/c1-12(2,3)20-10(18)15(14(7,8)9(16)17)11(19)21-13(4,5)6/h1-8H3,(H,16,17). The number of nitrogens with zero attached hydrogens (tertiary/aromatic N) is 1. The molecule has 122 valence electrons. The Hall–Kier alpha value is -1.79. The van der Waals surface area contributed by atoms with Crippen molar-refractivity contribution in [3.05, 3.63) is 0 Å². The first-order valence-corrected chi connectivity index (χ1v) is 6.57. The number of carbonyl (C=O) groups is 3. The van der Waals surface area contributed by atoms with Crippen LogP contribution >= 0.6 is 0 Å². The summed E-state index contributed by atoms with van der Waals surface area (Å²) in [6.07, 6.45) is -2.13. The second-order valence-electron chi connectivity index (χ2n) is 7.16. The number of hydrogen-bond donors (Lipinski definition) is 1. The molecule has 21 heavy (non-hydrogen) atoms. The summed E-state index contributed by atoms with van der Waals surface area (Å²) in [6.45, 7) is 12.2. The summed E-state index contributed by atoms with van der Waals surface area (Å²) in [4.78, 5) is 36.2. The van der Waals surface area contributed by atoms with Gasteiger partial charge in [-0.1, -0.05) is 0 Å². The molecule has 0 aromatic rings. The number of imide groups is 1. The van der Waals surface area contributed by atoms with Crippen LogP contribution in [0, 0.1) is 0 Å². The molecule has 0 bridgehead atoms. The molecule has 1 N–H and O–H groups in total. The van der Waals surface area contributed by atoms with E-state index in [9.17, 15) is 19.5 Å². The number of rotatable bonds is 2. The van der Waals surface area contributed by atoms with Gasteiger partial charge in [0.25, 0.3) is 0 Å². The lowest BCUT2D eigenvalue weighted by atomic mass is 10.0. The largest absolute Gasteiger partial charge is 0.480 e.